The Balaban J connectivity index is 2.79. The first-order valence-corrected chi connectivity index (χ1v) is 5.16. The Bertz CT molecular complexity index is 367. The Morgan fingerprint density at radius 2 is 2.18 bits per heavy atom. The van der Waals surface area contributed by atoms with Crippen LogP contribution in [0.1, 0.15) is 0 Å². The van der Waals surface area contributed by atoms with E-state index in [-0.39, 0.29) is 0 Å². The normalized spacial score (nSPS) is 10.6. The first kappa shape index (κ1) is 7.13. The predicted octanol–water partition coefficient (Wildman–Crippen LogP) is 3.10. The molecule has 1 nitrogen and oxygen atoms in total. The Morgan fingerprint density at radius 3 is 3.00 bits per heavy atom. The van der Waals surface area contributed by atoms with Crippen molar-refractivity contribution < 1.29 is 0 Å². The van der Waals surface area contributed by atoms with Crippen LogP contribution in [0.2, 0.25) is 0 Å². The molecule has 0 saturated carbocycles. The number of benzene rings is 1. The summed E-state index contributed by atoms with van der Waals surface area (Å²) >= 11 is 4.16. The van der Waals surface area contributed by atoms with E-state index in [1.54, 1.807) is 0 Å². The van der Waals surface area contributed by atoms with Crippen molar-refractivity contribution in [3.8, 4) is 0 Å². The van der Waals surface area contributed by atoms with Gasteiger partial charge >= 0.3 is 0 Å². The van der Waals surface area contributed by atoms with Crippen LogP contribution >= 0.6 is 22.5 Å². The minimum Gasteiger partial charge on any atom is -0.361 e. The van der Waals surface area contributed by atoms with Crippen LogP contribution < -0.4 is 0 Å². The fourth-order valence-corrected chi connectivity index (χ4v) is 2.03. The minimum absolute atomic E-state index is 1.17. The molecule has 1 aromatic carbocycles. The van der Waals surface area contributed by atoms with Crippen molar-refractivity contribution in [2.45, 2.75) is 4.90 Å². The van der Waals surface area contributed by atoms with Crippen LogP contribution in [0.5, 0.6) is 0 Å². The van der Waals surface area contributed by atoms with Gasteiger partial charge in [-0.15, -0.1) is 11.7 Å². The first-order chi connectivity index (χ1) is 5.42. The van der Waals surface area contributed by atoms with Crippen molar-refractivity contribution in [3.05, 3.63) is 30.5 Å². The largest absolute Gasteiger partial charge is 0.361 e. The molecular weight excluding hydrogens is 174 g/mol. The van der Waals surface area contributed by atoms with Crippen LogP contribution in [0.25, 0.3) is 10.9 Å². The van der Waals surface area contributed by atoms with Gasteiger partial charge in [-0.1, -0.05) is 16.9 Å². The van der Waals surface area contributed by atoms with E-state index < -0.39 is 0 Å². The predicted molar refractivity (Wildman–Crippen MR) is 53.1 cm³/mol. The summed E-state index contributed by atoms with van der Waals surface area (Å²) < 4.78 is 0. The maximum absolute atomic E-state index is 4.16. The van der Waals surface area contributed by atoms with Gasteiger partial charge < -0.3 is 4.98 Å². The highest BCUT2D eigenvalue weighted by molar-refractivity contribution is 8.68. The number of aromatic nitrogens is 1. The fraction of sp³-hybridized carbons (Fsp3) is 0. The van der Waals surface area contributed by atoms with Gasteiger partial charge in [0, 0.05) is 22.0 Å². The van der Waals surface area contributed by atoms with Gasteiger partial charge in [-0.25, -0.2) is 0 Å². The van der Waals surface area contributed by atoms with Gasteiger partial charge in [0.15, 0.2) is 0 Å². The van der Waals surface area contributed by atoms with Crippen LogP contribution in [0, 0.1) is 0 Å². The summed E-state index contributed by atoms with van der Waals surface area (Å²) in [6, 6.07) is 8.21. The number of thiol groups is 1. The lowest BCUT2D eigenvalue weighted by molar-refractivity contribution is 1.47. The third-order valence-electron chi connectivity index (χ3n) is 1.65. The molecule has 0 radical (unpaired) electrons. The number of hydrogen-bond donors (Lipinski definition) is 2. The van der Waals surface area contributed by atoms with Crippen molar-refractivity contribution in [3.63, 3.8) is 0 Å². The van der Waals surface area contributed by atoms with Crippen molar-refractivity contribution in [2.75, 3.05) is 0 Å². The third kappa shape index (κ3) is 1.14. The molecule has 56 valence electrons. The lowest BCUT2D eigenvalue weighted by Gasteiger charge is -1.95. The molecular formula is C8H7NS2. The summed E-state index contributed by atoms with van der Waals surface area (Å²) in [6.07, 6.45) is 1.94. The zero-order valence-electron chi connectivity index (χ0n) is 5.74. The number of rotatable bonds is 1. The Kier molecular flexibility index (Phi) is 1.84. The fourth-order valence-electron chi connectivity index (χ4n) is 1.14. The summed E-state index contributed by atoms with van der Waals surface area (Å²) in [5.74, 6) is 0. The molecule has 0 bridgehead atoms. The van der Waals surface area contributed by atoms with E-state index in [1.165, 1.54) is 26.6 Å². The Hall–Kier alpha value is -0.540. The zero-order valence-corrected chi connectivity index (χ0v) is 7.45. The van der Waals surface area contributed by atoms with E-state index in [4.69, 9.17) is 0 Å². The van der Waals surface area contributed by atoms with Crippen LogP contribution in [-0.2, 0) is 0 Å². The molecule has 0 unspecified atom stereocenters. The van der Waals surface area contributed by atoms with Crippen molar-refractivity contribution in [2.24, 2.45) is 0 Å². The molecule has 0 fully saturated rings. The molecule has 11 heavy (non-hydrogen) atoms. The second-order valence-electron chi connectivity index (χ2n) is 2.29. The van der Waals surface area contributed by atoms with E-state index in [9.17, 15) is 0 Å². The average Bonchev–Trinajstić information content (AvgIpc) is 2.50. The molecule has 0 aliphatic heterocycles. The quantitative estimate of drug-likeness (QED) is 0.510. The van der Waals surface area contributed by atoms with Gasteiger partial charge in [0.25, 0.3) is 0 Å². The number of H-pyrrole nitrogens is 1. The first-order valence-electron chi connectivity index (χ1n) is 3.29. The van der Waals surface area contributed by atoms with Gasteiger partial charge in [-0.2, -0.15) is 0 Å². The minimum atomic E-state index is 1.17. The number of fused-ring (bicyclic) bond motifs is 1. The lowest BCUT2D eigenvalue weighted by Crippen LogP contribution is -1.69. The van der Waals surface area contributed by atoms with E-state index in [0.717, 1.165) is 0 Å². The van der Waals surface area contributed by atoms with Gasteiger partial charge in [0.2, 0.25) is 0 Å². The van der Waals surface area contributed by atoms with Crippen LogP contribution in [0.15, 0.2) is 35.4 Å². The SMILES string of the molecule is SSc1cccc2[nH]ccc12. The smallest absolute Gasteiger partial charge is 0.0465 e. The summed E-state index contributed by atoms with van der Waals surface area (Å²) in [5, 5.41) is 1.24. The molecule has 0 saturated heterocycles. The summed E-state index contributed by atoms with van der Waals surface area (Å²) in [5.41, 5.74) is 1.17. The maximum atomic E-state index is 4.16. The molecule has 0 atom stereocenters. The molecule has 2 rings (SSSR count). The summed E-state index contributed by atoms with van der Waals surface area (Å²) in [6.45, 7) is 0. The zero-order chi connectivity index (χ0) is 7.68. The monoisotopic (exact) mass is 181 g/mol. The third-order valence-corrected chi connectivity index (χ3v) is 2.80. The number of aromatic amines is 1. The van der Waals surface area contributed by atoms with Crippen LogP contribution in [0.3, 0.4) is 0 Å². The molecule has 0 amide bonds. The second kappa shape index (κ2) is 2.83. The second-order valence-corrected chi connectivity index (χ2v) is 3.46. The highest BCUT2D eigenvalue weighted by atomic mass is 33.1. The van der Waals surface area contributed by atoms with Gasteiger partial charge in [-0.3, -0.25) is 0 Å². The molecule has 0 aliphatic carbocycles. The molecule has 1 heterocycles. The maximum Gasteiger partial charge on any atom is 0.0465 e. The summed E-state index contributed by atoms with van der Waals surface area (Å²) in [4.78, 5) is 4.35. The molecule has 1 N–H and O–H groups in total. The van der Waals surface area contributed by atoms with Gasteiger partial charge in [0.05, 0.1) is 0 Å². The Labute approximate surface area is 74.0 Å². The van der Waals surface area contributed by atoms with Crippen LogP contribution in [-0.4, -0.2) is 4.98 Å². The van der Waals surface area contributed by atoms with Crippen molar-refractivity contribution in [1.29, 1.82) is 0 Å². The number of hydrogen-bond acceptors (Lipinski definition) is 2. The summed E-state index contributed by atoms with van der Waals surface area (Å²) in [7, 11) is 1.48. The van der Waals surface area contributed by atoms with Gasteiger partial charge in [0.1, 0.15) is 0 Å². The standard InChI is InChI=1S/C8H7NS2/c10-11-8-3-1-2-7-6(8)4-5-9-7/h1-5,9-10H. The van der Waals surface area contributed by atoms with Crippen LogP contribution in [0.4, 0.5) is 0 Å². The Morgan fingerprint density at radius 1 is 1.27 bits per heavy atom. The number of nitrogens with one attached hydrogen (secondary N) is 1. The van der Waals surface area contributed by atoms with E-state index >= 15 is 0 Å². The molecule has 3 heteroatoms. The van der Waals surface area contributed by atoms with Crippen molar-refractivity contribution >= 4 is 33.4 Å². The molecule has 2 aromatic rings. The molecule has 1 aromatic heterocycles. The topological polar surface area (TPSA) is 15.8 Å². The van der Waals surface area contributed by atoms with E-state index in [1.807, 2.05) is 12.3 Å². The molecule has 0 aliphatic rings. The van der Waals surface area contributed by atoms with Gasteiger partial charge in [-0.05, 0) is 18.2 Å². The van der Waals surface area contributed by atoms with E-state index in [2.05, 4.69) is 34.8 Å². The lowest BCUT2D eigenvalue weighted by atomic mass is 10.2. The van der Waals surface area contributed by atoms with Crippen molar-refractivity contribution in [1.82, 2.24) is 4.98 Å². The highest BCUT2D eigenvalue weighted by Crippen LogP contribution is 2.28. The average molecular weight is 181 g/mol. The highest BCUT2D eigenvalue weighted by Gasteiger charge is 1.98. The molecule has 0 spiro atoms. The van der Waals surface area contributed by atoms with E-state index in [0.29, 0.717) is 0 Å².